The first-order valence-corrected chi connectivity index (χ1v) is 7.93. The molecule has 2 aliphatic rings. The minimum atomic E-state index is -0.425. The van der Waals surface area contributed by atoms with E-state index in [2.05, 4.69) is 5.32 Å². The van der Waals surface area contributed by atoms with Gasteiger partial charge in [-0.1, -0.05) is 12.8 Å². The van der Waals surface area contributed by atoms with Crippen LogP contribution < -0.4 is 5.32 Å². The third kappa shape index (κ3) is 4.09. The number of nitrogens with one attached hydrogen (secondary N) is 1. The summed E-state index contributed by atoms with van der Waals surface area (Å²) >= 11 is 0. The molecule has 0 aromatic heterocycles. The average molecular weight is 297 g/mol. The predicted molar refractivity (Wildman–Crippen MR) is 79.8 cm³/mol. The summed E-state index contributed by atoms with van der Waals surface area (Å²) in [7, 11) is 3.45. The van der Waals surface area contributed by atoms with E-state index in [0.29, 0.717) is 13.1 Å². The summed E-state index contributed by atoms with van der Waals surface area (Å²) in [6, 6.07) is -0.156. The second-order valence-corrected chi connectivity index (χ2v) is 6.43. The summed E-state index contributed by atoms with van der Waals surface area (Å²) in [6.45, 7) is 1.19. The molecule has 0 bridgehead atoms. The Labute approximate surface area is 126 Å². The molecule has 2 N–H and O–H groups in total. The Kier molecular flexibility index (Phi) is 5.45. The quantitative estimate of drug-likeness (QED) is 0.792. The standard InChI is InChI=1S/C15H27N3O3/c1-17(2)15(21)18-9-5-6-11(10-18)14(20)16-12-7-3-4-8-13(12)19/h11-13,19H,3-10H2,1-2H3,(H,16,20)/t11?,12-,13-/m0/s1. The lowest BCUT2D eigenvalue weighted by Gasteiger charge is -2.35. The Hall–Kier alpha value is -1.30. The number of hydrogen-bond acceptors (Lipinski definition) is 3. The number of likely N-dealkylation sites (tertiary alicyclic amines) is 1. The molecule has 1 saturated heterocycles. The highest BCUT2D eigenvalue weighted by atomic mass is 16.3. The van der Waals surface area contributed by atoms with Gasteiger partial charge in [0.05, 0.1) is 18.1 Å². The number of amides is 3. The van der Waals surface area contributed by atoms with Crippen LogP contribution in [0.5, 0.6) is 0 Å². The minimum Gasteiger partial charge on any atom is -0.391 e. The van der Waals surface area contributed by atoms with Crippen molar-refractivity contribution in [1.29, 1.82) is 0 Å². The fourth-order valence-electron chi connectivity index (χ4n) is 3.23. The molecule has 0 aromatic rings. The predicted octanol–water partition coefficient (Wildman–Crippen LogP) is 0.800. The highest BCUT2D eigenvalue weighted by Crippen LogP contribution is 2.21. The van der Waals surface area contributed by atoms with E-state index in [9.17, 15) is 14.7 Å². The van der Waals surface area contributed by atoms with Crippen molar-refractivity contribution in [3.8, 4) is 0 Å². The first kappa shape index (κ1) is 16.1. The minimum absolute atomic E-state index is 0.0165. The molecule has 1 heterocycles. The summed E-state index contributed by atoms with van der Waals surface area (Å²) in [4.78, 5) is 27.7. The lowest BCUT2D eigenvalue weighted by Crippen LogP contribution is -2.52. The van der Waals surface area contributed by atoms with Gasteiger partial charge in [-0.2, -0.15) is 0 Å². The van der Waals surface area contributed by atoms with E-state index in [1.807, 2.05) is 0 Å². The van der Waals surface area contributed by atoms with E-state index in [1.165, 1.54) is 0 Å². The molecule has 1 aliphatic carbocycles. The molecule has 0 aromatic carbocycles. The van der Waals surface area contributed by atoms with E-state index in [1.54, 1.807) is 23.9 Å². The van der Waals surface area contributed by atoms with Crippen LogP contribution in [-0.2, 0) is 4.79 Å². The Morgan fingerprint density at radius 1 is 1.14 bits per heavy atom. The number of aliphatic hydroxyl groups is 1. The van der Waals surface area contributed by atoms with Crippen molar-refractivity contribution in [2.45, 2.75) is 50.7 Å². The van der Waals surface area contributed by atoms with Crippen molar-refractivity contribution in [3.63, 3.8) is 0 Å². The molecule has 21 heavy (non-hydrogen) atoms. The van der Waals surface area contributed by atoms with Gasteiger partial charge in [0.15, 0.2) is 0 Å². The third-order valence-corrected chi connectivity index (χ3v) is 4.50. The SMILES string of the molecule is CN(C)C(=O)N1CCCC(C(=O)N[C@H]2CCCC[C@@H]2O)C1. The number of aliphatic hydroxyl groups excluding tert-OH is 1. The molecule has 0 radical (unpaired) electrons. The highest BCUT2D eigenvalue weighted by Gasteiger charge is 2.32. The molecule has 2 rings (SSSR count). The molecule has 1 aliphatic heterocycles. The number of nitrogens with zero attached hydrogens (tertiary/aromatic N) is 2. The van der Waals surface area contributed by atoms with Crippen LogP contribution in [0.4, 0.5) is 4.79 Å². The zero-order valence-corrected chi connectivity index (χ0v) is 13.0. The number of carbonyl (C=O) groups excluding carboxylic acids is 2. The van der Waals surface area contributed by atoms with Gasteiger partial charge in [0.1, 0.15) is 0 Å². The highest BCUT2D eigenvalue weighted by molar-refractivity contribution is 5.81. The van der Waals surface area contributed by atoms with Gasteiger partial charge < -0.3 is 20.2 Å². The molecule has 6 nitrogen and oxygen atoms in total. The molecule has 2 fully saturated rings. The molecule has 3 amide bonds. The van der Waals surface area contributed by atoms with Crippen LogP contribution in [0.3, 0.4) is 0 Å². The maximum absolute atomic E-state index is 12.4. The fraction of sp³-hybridized carbons (Fsp3) is 0.867. The van der Waals surface area contributed by atoms with Crippen molar-refractivity contribution in [2.24, 2.45) is 5.92 Å². The molecule has 6 heteroatoms. The Morgan fingerprint density at radius 2 is 1.86 bits per heavy atom. The van der Waals surface area contributed by atoms with Crippen molar-refractivity contribution in [2.75, 3.05) is 27.2 Å². The topological polar surface area (TPSA) is 72.9 Å². The van der Waals surface area contributed by atoms with Gasteiger partial charge in [-0.25, -0.2) is 4.79 Å². The molecular formula is C15H27N3O3. The van der Waals surface area contributed by atoms with E-state index in [-0.39, 0.29) is 23.9 Å². The zero-order chi connectivity index (χ0) is 15.4. The van der Waals surface area contributed by atoms with E-state index in [4.69, 9.17) is 0 Å². The lowest BCUT2D eigenvalue weighted by molar-refractivity contribution is -0.128. The monoisotopic (exact) mass is 297 g/mol. The van der Waals surface area contributed by atoms with Gasteiger partial charge in [0.2, 0.25) is 5.91 Å². The van der Waals surface area contributed by atoms with Gasteiger partial charge in [0.25, 0.3) is 0 Å². The molecule has 3 atom stereocenters. The number of hydrogen-bond donors (Lipinski definition) is 2. The third-order valence-electron chi connectivity index (χ3n) is 4.50. The summed E-state index contributed by atoms with van der Waals surface area (Å²) in [6.07, 6.45) is 4.93. The summed E-state index contributed by atoms with van der Waals surface area (Å²) in [5, 5.41) is 12.9. The van der Waals surface area contributed by atoms with Crippen molar-refractivity contribution >= 4 is 11.9 Å². The van der Waals surface area contributed by atoms with Crippen LogP contribution >= 0.6 is 0 Å². The smallest absolute Gasteiger partial charge is 0.319 e. The zero-order valence-electron chi connectivity index (χ0n) is 13.0. The summed E-state index contributed by atoms with van der Waals surface area (Å²) in [5.41, 5.74) is 0. The van der Waals surface area contributed by atoms with Gasteiger partial charge in [-0.15, -0.1) is 0 Å². The van der Waals surface area contributed by atoms with Crippen LogP contribution in [0.1, 0.15) is 38.5 Å². The van der Waals surface area contributed by atoms with Crippen molar-refractivity contribution in [1.82, 2.24) is 15.1 Å². The van der Waals surface area contributed by atoms with Crippen molar-refractivity contribution in [3.05, 3.63) is 0 Å². The second kappa shape index (κ2) is 7.11. The van der Waals surface area contributed by atoms with Crippen LogP contribution in [0, 0.1) is 5.92 Å². The largest absolute Gasteiger partial charge is 0.391 e. The van der Waals surface area contributed by atoms with Gasteiger partial charge in [0, 0.05) is 27.2 Å². The maximum atomic E-state index is 12.4. The first-order chi connectivity index (χ1) is 9.99. The van der Waals surface area contributed by atoms with Gasteiger partial charge in [-0.3, -0.25) is 4.79 Å². The lowest BCUT2D eigenvalue weighted by atomic mass is 9.91. The molecule has 120 valence electrons. The first-order valence-electron chi connectivity index (χ1n) is 7.93. The van der Waals surface area contributed by atoms with Crippen molar-refractivity contribution < 1.29 is 14.7 Å². The number of urea groups is 1. The van der Waals surface area contributed by atoms with Gasteiger partial charge in [-0.05, 0) is 25.7 Å². The molecule has 1 saturated carbocycles. The van der Waals surface area contributed by atoms with E-state index < -0.39 is 6.10 Å². The Balaban J connectivity index is 1.88. The van der Waals surface area contributed by atoms with Crippen LogP contribution in [0.15, 0.2) is 0 Å². The Morgan fingerprint density at radius 3 is 2.52 bits per heavy atom. The van der Waals surface area contributed by atoms with Crippen LogP contribution in [0.2, 0.25) is 0 Å². The Bertz CT molecular complexity index is 386. The second-order valence-electron chi connectivity index (χ2n) is 6.43. The molecular weight excluding hydrogens is 270 g/mol. The van der Waals surface area contributed by atoms with Crippen LogP contribution in [0.25, 0.3) is 0 Å². The molecule has 0 spiro atoms. The number of piperidine rings is 1. The normalized spacial score (nSPS) is 29.9. The van der Waals surface area contributed by atoms with Crippen LogP contribution in [-0.4, -0.2) is 66.2 Å². The maximum Gasteiger partial charge on any atom is 0.319 e. The fourth-order valence-corrected chi connectivity index (χ4v) is 3.23. The average Bonchev–Trinajstić information content (AvgIpc) is 2.48. The van der Waals surface area contributed by atoms with Gasteiger partial charge >= 0.3 is 6.03 Å². The number of rotatable bonds is 2. The summed E-state index contributed by atoms with van der Waals surface area (Å²) in [5.74, 6) is -0.172. The van der Waals surface area contributed by atoms with E-state index >= 15 is 0 Å². The number of carbonyl (C=O) groups is 2. The van der Waals surface area contributed by atoms with E-state index in [0.717, 1.165) is 38.5 Å². The summed E-state index contributed by atoms with van der Waals surface area (Å²) < 4.78 is 0. The molecule has 1 unspecified atom stereocenters.